The van der Waals surface area contributed by atoms with Crippen molar-refractivity contribution in [2.45, 2.75) is 46.1 Å². The Bertz CT molecular complexity index is 1100. The number of likely N-dealkylation sites (tertiary alicyclic amines) is 1. The number of benzene rings is 1. The summed E-state index contributed by atoms with van der Waals surface area (Å²) in [5, 5.41) is 17.6. The van der Waals surface area contributed by atoms with Gasteiger partial charge < -0.3 is 20.4 Å². The molecule has 1 aromatic carbocycles. The normalized spacial score (nSPS) is 17.2. The number of nitrogens with zero attached hydrogens (tertiary/aromatic N) is 4. The van der Waals surface area contributed by atoms with Crippen LogP contribution in [0.25, 0.3) is 11.3 Å². The van der Waals surface area contributed by atoms with E-state index in [1.165, 1.54) is 5.57 Å². The number of anilines is 1. The number of allylic oxidation sites excluding steroid dienone is 2. The molecule has 0 aliphatic carbocycles. The fourth-order valence-corrected chi connectivity index (χ4v) is 4.69. The maximum Gasteiger partial charge on any atom is 0.134 e. The number of hydrogen-bond donors (Lipinski definition) is 2. The van der Waals surface area contributed by atoms with Crippen molar-refractivity contribution in [2.75, 3.05) is 59.7 Å². The Hall–Kier alpha value is -2.90. The molecule has 1 aliphatic heterocycles. The fourth-order valence-electron chi connectivity index (χ4n) is 4.69. The number of rotatable bonds is 11. The highest BCUT2D eigenvalue weighted by molar-refractivity contribution is 6.14. The van der Waals surface area contributed by atoms with Crippen molar-refractivity contribution in [2.24, 2.45) is 0 Å². The molecular weight excluding hydrogens is 448 g/mol. The van der Waals surface area contributed by atoms with Gasteiger partial charge in [0.05, 0.1) is 24.4 Å². The fraction of sp³-hybridized carbons (Fsp3) is 0.517. The van der Waals surface area contributed by atoms with E-state index >= 15 is 0 Å². The molecule has 2 heterocycles. The van der Waals surface area contributed by atoms with E-state index in [0.29, 0.717) is 5.71 Å². The molecule has 0 amide bonds. The van der Waals surface area contributed by atoms with Gasteiger partial charge in [-0.15, -0.1) is 0 Å². The average Bonchev–Trinajstić information content (AvgIpc) is 3.26. The molecule has 0 saturated carbocycles. The van der Waals surface area contributed by atoms with E-state index in [1.807, 2.05) is 26.1 Å². The number of methoxy groups -OCH3 is 1. The molecule has 1 saturated heterocycles. The van der Waals surface area contributed by atoms with Gasteiger partial charge in [0.2, 0.25) is 0 Å². The third-order valence-electron chi connectivity index (χ3n) is 6.87. The van der Waals surface area contributed by atoms with Crippen LogP contribution in [0.3, 0.4) is 0 Å². The van der Waals surface area contributed by atoms with Crippen LogP contribution in [0.15, 0.2) is 42.0 Å². The molecule has 0 bridgehead atoms. The number of nitrogens with one attached hydrogen (secondary N) is 2. The monoisotopic (exact) mass is 492 g/mol. The second kappa shape index (κ2) is 12.9. The van der Waals surface area contributed by atoms with Gasteiger partial charge >= 0.3 is 0 Å². The number of piperidine rings is 1. The molecule has 1 atom stereocenters. The molecule has 1 unspecified atom stereocenters. The maximum atomic E-state index is 9.03. The Morgan fingerprint density at radius 2 is 2.08 bits per heavy atom. The first-order valence-corrected chi connectivity index (χ1v) is 13.0. The number of ether oxygens (including phenoxy) is 1. The second-order valence-electron chi connectivity index (χ2n) is 10.00. The molecule has 1 aliphatic rings. The van der Waals surface area contributed by atoms with Crippen molar-refractivity contribution in [1.82, 2.24) is 19.6 Å². The van der Waals surface area contributed by atoms with Crippen LogP contribution in [0.4, 0.5) is 5.82 Å². The summed E-state index contributed by atoms with van der Waals surface area (Å²) in [5.41, 5.74) is 5.38. The largest absolute Gasteiger partial charge is 0.496 e. The quantitative estimate of drug-likeness (QED) is 0.325. The van der Waals surface area contributed by atoms with Crippen LogP contribution in [-0.2, 0) is 0 Å². The van der Waals surface area contributed by atoms with E-state index in [-0.39, 0.29) is 6.04 Å². The third-order valence-corrected chi connectivity index (χ3v) is 6.87. The van der Waals surface area contributed by atoms with Gasteiger partial charge in [-0.05, 0) is 71.5 Å². The van der Waals surface area contributed by atoms with Gasteiger partial charge in [-0.3, -0.25) is 4.90 Å². The van der Waals surface area contributed by atoms with Crippen LogP contribution in [0.1, 0.15) is 50.3 Å². The Morgan fingerprint density at radius 3 is 2.75 bits per heavy atom. The van der Waals surface area contributed by atoms with Crippen LogP contribution in [0.2, 0.25) is 0 Å². The molecule has 36 heavy (non-hydrogen) atoms. The minimum atomic E-state index is 0.243. The Morgan fingerprint density at radius 1 is 1.31 bits per heavy atom. The summed E-state index contributed by atoms with van der Waals surface area (Å²) in [6.07, 6.45) is 9.60. The predicted octanol–water partition coefficient (Wildman–Crippen LogP) is 5.39. The summed E-state index contributed by atoms with van der Waals surface area (Å²) < 4.78 is 7.75. The molecule has 0 spiro atoms. The van der Waals surface area contributed by atoms with E-state index < -0.39 is 0 Å². The first-order valence-electron chi connectivity index (χ1n) is 13.0. The highest BCUT2D eigenvalue weighted by atomic mass is 16.5. The van der Waals surface area contributed by atoms with E-state index in [1.54, 1.807) is 7.11 Å². The standard InChI is InChI=1S/C29H44N6O/c1-8-21(2)18-25(30)27-28(23-14-13-22(3)26(19-23)36-7)32-35(29(27)31-4)24-12-11-17-34(20-24)16-10-9-15-33(5)6/h9-10,13-14,18-19,24,30-31H,8,11-12,15-17,20H2,1-7H3/b10-9?,21-18+,30-25?. The van der Waals surface area contributed by atoms with Gasteiger partial charge in [-0.25, -0.2) is 4.68 Å². The highest BCUT2D eigenvalue weighted by Crippen LogP contribution is 2.36. The minimum Gasteiger partial charge on any atom is -0.496 e. The van der Waals surface area contributed by atoms with Crippen LogP contribution in [-0.4, -0.2) is 79.7 Å². The molecule has 196 valence electrons. The smallest absolute Gasteiger partial charge is 0.134 e. The summed E-state index contributed by atoms with van der Waals surface area (Å²) in [7, 11) is 7.81. The van der Waals surface area contributed by atoms with Crippen LogP contribution >= 0.6 is 0 Å². The zero-order chi connectivity index (χ0) is 26.2. The van der Waals surface area contributed by atoms with Crippen molar-refractivity contribution in [3.8, 4) is 17.0 Å². The maximum absolute atomic E-state index is 9.03. The topological polar surface area (TPSA) is 69.4 Å². The number of aromatic nitrogens is 2. The molecule has 7 heteroatoms. The van der Waals surface area contributed by atoms with Gasteiger partial charge in [0, 0.05) is 32.2 Å². The van der Waals surface area contributed by atoms with Crippen molar-refractivity contribution in [1.29, 1.82) is 5.41 Å². The molecule has 1 aromatic heterocycles. The van der Waals surface area contributed by atoms with Gasteiger partial charge in [0.25, 0.3) is 0 Å². The van der Waals surface area contributed by atoms with E-state index in [4.69, 9.17) is 15.2 Å². The predicted molar refractivity (Wildman–Crippen MR) is 152 cm³/mol. The van der Waals surface area contributed by atoms with Gasteiger partial charge in [-0.2, -0.15) is 5.10 Å². The first kappa shape index (κ1) is 27.7. The van der Waals surface area contributed by atoms with Gasteiger partial charge in [0.1, 0.15) is 17.3 Å². The Kier molecular flexibility index (Phi) is 9.90. The van der Waals surface area contributed by atoms with Crippen LogP contribution in [0, 0.1) is 12.3 Å². The summed E-state index contributed by atoms with van der Waals surface area (Å²) >= 11 is 0. The molecule has 7 nitrogen and oxygen atoms in total. The second-order valence-corrected chi connectivity index (χ2v) is 10.00. The number of hydrogen-bond acceptors (Lipinski definition) is 6. The molecule has 1 fully saturated rings. The summed E-state index contributed by atoms with van der Waals surface area (Å²) in [5.74, 6) is 1.74. The Labute approximate surface area is 217 Å². The SMILES string of the molecule is CC/C(C)=C/C(=N)c1c(-c2ccc(C)c(OC)c2)nn(C2CCCN(CC=CCN(C)C)C2)c1NC. The molecule has 0 radical (unpaired) electrons. The van der Waals surface area contributed by atoms with Crippen LogP contribution < -0.4 is 10.1 Å². The summed E-state index contributed by atoms with van der Waals surface area (Å²) in [6, 6.07) is 6.43. The van der Waals surface area contributed by atoms with Crippen molar-refractivity contribution in [3.05, 3.63) is 53.1 Å². The van der Waals surface area contributed by atoms with E-state index in [0.717, 1.165) is 79.4 Å². The first-order chi connectivity index (χ1) is 17.3. The average molecular weight is 493 g/mol. The lowest BCUT2D eigenvalue weighted by atomic mass is 10.00. The summed E-state index contributed by atoms with van der Waals surface area (Å²) in [6.45, 7) is 10.2. The zero-order valence-corrected chi connectivity index (χ0v) is 23.2. The van der Waals surface area contributed by atoms with Gasteiger partial charge in [-0.1, -0.05) is 36.8 Å². The van der Waals surface area contributed by atoms with Crippen molar-refractivity contribution in [3.63, 3.8) is 0 Å². The molecule has 3 rings (SSSR count). The minimum absolute atomic E-state index is 0.243. The lowest BCUT2D eigenvalue weighted by Gasteiger charge is -2.32. The van der Waals surface area contributed by atoms with E-state index in [9.17, 15) is 0 Å². The highest BCUT2D eigenvalue weighted by Gasteiger charge is 2.28. The number of aryl methyl sites for hydroxylation is 1. The van der Waals surface area contributed by atoms with E-state index in [2.05, 4.69) is 72.0 Å². The van der Waals surface area contributed by atoms with Crippen molar-refractivity contribution < 1.29 is 4.74 Å². The zero-order valence-electron chi connectivity index (χ0n) is 23.2. The third kappa shape index (κ3) is 6.65. The van der Waals surface area contributed by atoms with Crippen LogP contribution in [0.5, 0.6) is 5.75 Å². The van der Waals surface area contributed by atoms with Crippen molar-refractivity contribution >= 4 is 11.5 Å². The Balaban J connectivity index is 2.02. The molecule has 2 N–H and O–H groups in total. The summed E-state index contributed by atoms with van der Waals surface area (Å²) in [4.78, 5) is 4.67. The van der Waals surface area contributed by atoms with Gasteiger partial charge in [0.15, 0.2) is 0 Å². The molecular formula is C29H44N6O. The molecule has 2 aromatic rings. The number of likely N-dealkylation sites (N-methyl/N-ethyl adjacent to an activating group) is 1. The lowest BCUT2D eigenvalue weighted by molar-refractivity contribution is 0.186. The lowest BCUT2D eigenvalue weighted by Crippen LogP contribution is -2.37.